The Morgan fingerprint density at radius 1 is 1.42 bits per heavy atom. The summed E-state index contributed by atoms with van der Waals surface area (Å²) >= 11 is 0. The van der Waals surface area contributed by atoms with Gasteiger partial charge in [0.05, 0.1) is 0 Å². The molecule has 0 radical (unpaired) electrons. The van der Waals surface area contributed by atoms with E-state index in [4.69, 9.17) is 5.11 Å². The van der Waals surface area contributed by atoms with E-state index in [1.165, 1.54) is 18.9 Å². The van der Waals surface area contributed by atoms with Gasteiger partial charge in [-0.2, -0.15) is 5.10 Å². The molecule has 0 aromatic carbocycles. The maximum atomic E-state index is 12.4. The van der Waals surface area contributed by atoms with E-state index in [0.717, 1.165) is 17.9 Å². The van der Waals surface area contributed by atoms with E-state index in [2.05, 4.69) is 5.10 Å². The molecule has 1 unspecified atom stereocenters. The summed E-state index contributed by atoms with van der Waals surface area (Å²) in [5, 5.41) is 14.2. The van der Waals surface area contributed by atoms with Gasteiger partial charge >= 0.3 is 5.97 Å². The lowest BCUT2D eigenvalue weighted by Crippen LogP contribution is -2.49. The van der Waals surface area contributed by atoms with Gasteiger partial charge in [-0.1, -0.05) is 0 Å². The van der Waals surface area contributed by atoms with Crippen LogP contribution >= 0.6 is 0 Å². The summed E-state index contributed by atoms with van der Waals surface area (Å²) in [6.07, 6.45) is 2.16. The number of hydrogen-bond donors (Lipinski definition) is 1. The fourth-order valence-electron chi connectivity index (χ4n) is 2.10. The van der Waals surface area contributed by atoms with Crippen molar-refractivity contribution in [2.75, 3.05) is 7.05 Å². The molecule has 0 bridgehead atoms. The average Bonchev–Trinajstić information content (AvgIpc) is 3.17. The van der Waals surface area contributed by atoms with Crippen molar-refractivity contribution in [2.24, 2.45) is 5.10 Å². The standard InChI is InChI=1S/C12H17N3O4/c1-7(12(18)19)15(8-3-4-8)11(17)9-5-6-10(16)14(2)13-9/h7-8H,3-6H2,1-2H3,(H,18,19). The number of aliphatic carboxylic acids is 1. The Labute approximate surface area is 110 Å². The van der Waals surface area contributed by atoms with Crippen LogP contribution in [0.4, 0.5) is 0 Å². The highest BCUT2D eigenvalue weighted by molar-refractivity contribution is 6.39. The minimum absolute atomic E-state index is 0.00997. The van der Waals surface area contributed by atoms with Crippen LogP contribution in [0.2, 0.25) is 0 Å². The lowest BCUT2D eigenvalue weighted by molar-refractivity contribution is -0.147. The van der Waals surface area contributed by atoms with Crippen LogP contribution in [0.3, 0.4) is 0 Å². The number of rotatable bonds is 4. The van der Waals surface area contributed by atoms with Crippen molar-refractivity contribution in [2.45, 2.75) is 44.7 Å². The molecule has 1 aliphatic heterocycles. The van der Waals surface area contributed by atoms with Gasteiger partial charge in [0, 0.05) is 25.9 Å². The van der Waals surface area contributed by atoms with Crippen molar-refractivity contribution in [1.29, 1.82) is 0 Å². The van der Waals surface area contributed by atoms with E-state index in [1.54, 1.807) is 0 Å². The molecule has 7 nitrogen and oxygen atoms in total. The average molecular weight is 267 g/mol. The first-order chi connectivity index (χ1) is 8.91. The first-order valence-corrected chi connectivity index (χ1v) is 6.31. The molecule has 7 heteroatoms. The Balaban J connectivity index is 2.18. The lowest BCUT2D eigenvalue weighted by Gasteiger charge is -2.28. The van der Waals surface area contributed by atoms with Gasteiger partial charge in [-0.3, -0.25) is 9.59 Å². The van der Waals surface area contributed by atoms with Crippen molar-refractivity contribution in [3.05, 3.63) is 0 Å². The highest BCUT2D eigenvalue weighted by Gasteiger charge is 2.40. The van der Waals surface area contributed by atoms with Gasteiger partial charge < -0.3 is 10.0 Å². The van der Waals surface area contributed by atoms with Crippen LogP contribution in [-0.4, -0.2) is 57.6 Å². The number of carbonyl (C=O) groups excluding carboxylic acids is 2. The molecule has 0 spiro atoms. The van der Waals surface area contributed by atoms with Gasteiger partial charge in [0.2, 0.25) is 5.91 Å². The Kier molecular flexibility index (Phi) is 3.55. The van der Waals surface area contributed by atoms with Crippen molar-refractivity contribution < 1.29 is 19.5 Å². The normalized spacial score (nSPS) is 20.8. The molecule has 1 fully saturated rings. The first kappa shape index (κ1) is 13.5. The van der Waals surface area contributed by atoms with E-state index in [-0.39, 0.29) is 36.4 Å². The summed E-state index contributed by atoms with van der Waals surface area (Å²) in [6, 6.07) is -0.880. The van der Waals surface area contributed by atoms with Gasteiger partial charge in [-0.05, 0) is 19.8 Å². The Hall–Kier alpha value is -1.92. The van der Waals surface area contributed by atoms with Crippen LogP contribution in [0, 0.1) is 0 Å². The highest BCUT2D eigenvalue weighted by Crippen LogP contribution is 2.29. The Bertz CT molecular complexity index is 456. The van der Waals surface area contributed by atoms with Crippen LogP contribution in [0.25, 0.3) is 0 Å². The van der Waals surface area contributed by atoms with Crippen molar-refractivity contribution in [1.82, 2.24) is 9.91 Å². The van der Waals surface area contributed by atoms with Crippen LogP contribution in [0.15, 0.2) is 5.10 Å². The zero-order valence-corrected chi connectivity index (χ0v) is 11.0. The van der Waals surface area contributed by atoms with Crippen LogP contribution < -0.4 is 0 Å². The number of carboxylic acid groups (broad SMARTS) is 1. The van der Waals surface area contributed by atoms with Crippen molar-refractivity contribution in [3.63, 3.8) is 0 Å². The highest BCUT2D eigenvalue weighted by atomic mass is 16.4. The van der Waals surface area contributed by atoms with Gasteiger partial charge in [0.25, 0.3) is 5.91 Å². The third kappa shape index (κ3) is 2.74. The molecule has 1 atom stereocenters. The minimum atomic E-state index is -1.03. The molecule has 1 saturated carbocycles. The molecule has 1 aliphatic carbocycles. The van der Waals surface area contributed by atoms with Crippen molar-refractivity contribution >= 4 is 23.5 Å². The van der Waals surface area contributed by atoms with Crippen LogP contribution in [-0.2, 0) is 14.4 Å². The summed E-state index contributed by atoms with van der Waals surface area (Å²) < 4.78 is 0. The molecule has 2 rings (SSSR count). The number of carbonyl (C=O) groups is 3. The quantitative estimate of drug-likeness (QED) is 0.779. The second-order valence-electron chi connectivity index (χ2n) is 4.92. The first-order valence-electron chi connectivity index (χ1n) is 6.31. The van der Waals surface area contributed by atoms with Crippen LogP contribution in [0.5, 0.6) is 0 Å². The largest absolute Gasteiger partial charge is 0.480 e. The maximum absolute atomic E-state index is 12.4. The number of carboxylic acids is 1. The van der Waals surface area contributed by atoms with Gasteiger partial charge in [0.15, 0.2) is 0 Å². The zero-order valence-electron chi connectivity index (χ0n) is 11.0. The Morgan fingerprint density at radius 2 is 2.05 bits per heavy atom. The molecule has 1 N–H and O–H groups in total. The number of amides is 2. The fraction of sp³-hybridized carbons (Fsp3) is 0.667. The monoisotopic (exact) mass is 267 g/mol. The topological polar surface area (TPSA) is 90.3 Å². The predicted octanol–water partition coefficient (Wildman–Crippen LogP) is 0.0587. The molecule has 0 saturated heterocycles. The molecule has 1 heterocycles. The minimum Gasteiger partial charge on any atom is -0.480 e. The maximum Gasteiger partial charge on any atom is 0.326 e. The zero-order chi connectivity index (χ0) is 14.2. The van der Waals surface area contributed by atoms with Gasteiger partial charge in [0.1, 0.15) is 11.8 Å². The lowest BCUT2D eigenvalue weighted by atomic mass is 10.1. The van der Waals surface area contributed by atoms with E-state index in [0.29, 0.717) is 0 Å². The van der Waals surface area contributed by atoms with E-state index >= 15 is 0 Å². The molecule has 2 aliphatic rings. The Morgan fingerprint density at radius 3 is 2.53 bits per heavy atom. The molecule has 0 aromatic rings. The van der Waals surface area contributed by atoms with Gasteiger partial charge in [-0.15, -0.1) is 0 Å². The summed E-state index contributed by atoms with van der Waals surface area (Å²) in [6.45, 7) is 1.50. The summed E-state index contributed by atoms with van der Waals surface area (Å²) in [4.78, 5) is 36.1. The summed E-state index contributed by atoms with van der Waals surface area (Å²) in [7, 11) is 1.50. The third-order valence-corrected chi connectivity index (χ3v) is 3.40. The molecule has 19 heavy (non-hydrogen) atoms. The molecule has 104 valence electrons. The number of hydrazone groups is 1. The van der Waals surface area contributed by atoms with Crippen molar-refractivity contribution in [3.8, 4) is 0 Å². The number of hydrogen-bond acceptors (Lipinski definition) is 4. The second-order valence-corrected chi connectivity index (χ2v) is 4.92. The fourth-order valence-corrected chi connectivity index (χ4v) is 2.10. The van der Waals surface area contributed by atoms with E-state index in [1.807, 2.05) is 0 Å². The van der Waals surface area contributed by atoms with Gasteiger partial charge in [-0.25, -0.2) is 9.80 Å². The number of nitrogens with zero attached hydrogens (tertiary/aromatic N) is 3. The smallest absolute Gasteiger partial charge is 0.326 e. The predicted molar refractivity (Wildman–Crippen MR) is 66.4 cm³/mol. The molecular weight excluding hydrogens is 250 g/mol. The summed E-state index contributed by atoms with van der Waals surface area (Å²) in [5.74, 6) is -1.53. The second kappa shape index (κ2) is 4.99. The molecular formula is C12H17N3O4. The third-order valence-electron chi connectivity index (χ3n) is 3.40. The molecule has 2 amide bonds. The molecule has 0 aromatic heterocycles. The van der Waals surface area contributed by atoms with Crippen LogP contribution in [0.1, 0.15) is 32.6 Å². The van der Waals surface area contributed by atoms with E-state index in [9.17, 15) is 14.4 Å². The summed E-state index contributed by atoms with van der Waals surface area (Å²) in [5.41, 5.74) is 0.266. The van der Waals surface area contributed by atoms with E-state index < -0.39 is 12.0 Å². The SMILES string of the molecule is CC(C(=O)O)N(C(=O)C1=NN(C)C(=O)CC1)C1CC1.